The van der Waals surface area contributed by atoms with Gasteiger partial charge in [0, 0.05) is 11.7 Å². The lowest BCUT2D eigenvalue weighted by Crippen LogP contribution is -2.31. The van der Waals surface area contributed by atoms with Crippen LogP contribution in [0.1, 0.15) is 39.0 Å². The van der Waals surface area contributed by atoms with Crippen molar-refractivity contribution in [2.75, 3.05) is 11.9 Å². The Morgan fingerprint density at radius 1 is 1.14 bits per heavy atom. The normalized spacial score (nSPS) is 22.9. The van der Waals surface area contributed by atoms with Gasteiger partial charge >= 0.3 is 6.18 Å². The van der Waals surface area contributed by atoms with E-state index in [4.69, 9.17) is 4.74 Å². The fourth-order valence-electron chi connectivity index (χ4n) is 2.91. The van der Waals surface area contributed by atoms with E-state index in [0.717, 1.165) is 18.5 Å². The van der Waals surface area contributed by atoms with E-state index in [1.54, 1.807) is 24.3 Å². The molecule has 1 aromatic carbocycles. The summed E-state index contributed by atoms with van der Waals surface area (Å²) < 4.78 is 40.9. The largest absolute Gasteiger partial charge is 0.484 e. The first-order valence-electron chi connectivity index (χ1n) is 7.54. The molecule has 0 aliphatic heterocycles. The van der Waals surface area contributed by atoms with Gasteiger partial charge in [-0.1, -0.05) is 26.2 Å². The molecule has 21 heavy (non-hydrogen) atoms. The second kappa shape index (κ2) is 7.05. The lowest BCUT2D eigenvalue weighted by Gasteiger charge is -2.32. The van der Waals surface area contributed by atoms with Crippen molar-refractivity contribution in [2.24, 2.45) is 5.92 Å². The van der Waals surface area contributed by atoms with E-state index in [1.165, 1.54) is 19.3 Å². The maximum Gasteiger partial charge on any atom is 0.422 e. The van der Waals surface area contributed by atoms with Gasteiger partial charge in [-0.2, -0.15) is 13.2 Å². The number of rotatable bonds is 5. The summed E-state index contributed by atoms with van der Waals surface area (Å²) in [6, 6.07) is 7.20. The first-order chi connectivity index (χ1) is 9.98. The number of alkyl halides is 3. The molecule has 1 aliphatic rings. The Labute approximate surface area is 123 Å². The number of nitrogens with one attached hydrogen (secondary N) is 1. The average Bonchev–Trinajstić information content (AvgIpc) is 2.46. The molecule has 1 fully saturated rings. The number of halogens is 3. The van der Waals surface area contributed by atoms with Crippen LogP contribution in [0.2, 0.25) is 0 Å². The summed E-state index contributed by atoms with van der Waals surface area (Å²) in [7, 11) is 0. The van der Waals surface area contributed by atoms with Gasteiger partial charge in [-0.05, 0) is 43.0 Å². The molecule has 2 rings (SSSR count). The monoisotopic (exact) mass is 301 g/mol. The predicted molar refractivity (Wildman–Crippen MR) is 77.7 cm³/mol. The van der Waals surface area contributed by atoms with E-state index >= 15 is 0 Å². The van der Waals surface area contributed by atoms with Crippen molar-refractivity contribution in [3.8, 4) is 5.75 Å². The fraction of sp³-hybridized carbons (Fsp3) is 0.625. The summed E-state index contributed by atoms with van der Waals surface area (Å²) in [5, 5.41) is 3.50. The Morgan fingerprint density at radius 3 is 2.43 bits per heavy atom. The van der Waals surface area contributed by atoms with Crippen LogP contribution in [-0.4, -0.2) is 18.8 Å². The highest BCUT2D eigenvalue weighted by Crippen LogP contribution is 2.30. The quantitative estimate of drug-likeness (QED) is 0.825. The summed E-state index contributed by atoms with van der Waals surface area (Å²) in [5.74, 6) is 0.925. The summed E-state index contributed by atoms with van der Waals surface area (Å²) in [6.07, 6.45) is 1.80. The number of hydrogen-bond donors (Lipinski definition) is 1. The van der Waals surface area contributed by atoms with Crippen LogP contribution < -0.4 is 10.1 Å². The number of anilines is 1. The molecule has 1 aliphatic carbocycles. The number of ether oxygens (including phenoxy) is 1. The van der Waals surface area contributed by atoms with Gasteiger partial charge in [-0.15, -0.1) is 0 Å². The van der Waals surface area contributed by atoms with Gasteiger partial charge < -0.3 is 10.1 Å². The van der Waals surface area contributed by atoms with Crippen molar-refractivity contribution in [1.82, 2.24) is 0 Å². The molecule has 1 aromatic rings. The molecule has 0 saturated heterocycles. The minimum atomic E-state index is -4.30. The highest BCUT2D eigenvalue weighted by atomic mass is 19.4. The van der Waals surface area contributed by atoms with Crippen LogP contribution in [0.5, 0.6) is 5.75 Å². The minimum Gasteiger partial charge on any atom is -0.484 e. The molecule has 2 atom stereocenters. The number of hydrogen-bond acceptors (Lipinski definition) is 2. The Morgan fingerprint density at radius 2 is 1.81 bits per heavy atom. The smallest absolute Gasteiger partial charge is 0.422 e. The third-order valence-corrected chi connectivity index (χ3v) is 4.04. The molecule has 0 bridgehead atoms. The van der Waals surface area contributed by atoms with Gasteiger partial charge in [0.05, 0.1) is 0 Å². The third kappa shape index (κ3) is 5.14. The molecule has 2 unspecified atom stereocenters. The first-order valence-corrected chi connectivity index (χ1v) is 7.54. The second-order valence-corrected chi connectivity index (χ2v) is 5.63. The predicted octanol–water partition coefficient (Wildman–Crippen LogP) is 5.01. The zero-order chi connectivity index (χ0) is 15.3. The Bertz CT molecular complexity index is 430. The molecule has 5 heteroatoms. The average molecular weight is 301 g/mol. The van der Waals surface area contributed by atoms with Crippen LogP contribution >= 0.6 is 0 Å². The van der Waals surface area contributed by atoms with Crippen LogP contribution in [-0.2, 0) is 0 Å². The SMILES string of the molecule is CCC1CCCCC1Nc1ccc(OCC(F)(F)F)cc1. The first kappa shape index (κ1) is 16.0. The van der Waals surface area contributed by atoms with E-state index in [0.29, 0.717) is 12.0 Å². The third-order valence-electron chi connectivity index (χ3n) is 4.04. The molecule has 0 heterocycles. The molecular formula is C16H22F3NO. The van der Waals surface area contributed by atoms with Gasteiger partial charge in [0.15, 0.2) is 6.61 Å². The zero-order valence-corrected chi connectivity index (χ0v) is 12.2. The Hall–Kier alpha value is -1.39. The molecule has 0 amide bonds. The van der Waals surface area contributed by atoms with E-state index in [1.807, 2.05) is 0 Å². The Balaban J connectivity index is 1.89. The van der Waals surface area contributed by atoms with Crippen molar-refractivity contribution < 1.29 is 17.9 Å². The topological polar surface area (TPSA) is 21.3 Å². The van der Waals surface area contributed by atoms with Gasteiger partial charge in [-0.3, -0.25) is 0 Å². The van der Waals surface area contributed by atoms with Gasteiger partial charge in [0.25, 0.3) is 0 Å². The molecule has 0 aromatic heterocycles. The van der Waals surface area contributed by atoms with Crippen molar-refractivity contribution in [3.05, 3.63) is 24.3 Å². The van der Waals surface area contributed by atoms with E-state index in [2.05, 4.69) is 12.2 Å². The van der Waals surface area contributed by atoms with E-state index in [9.17, 15) is 13.2 Å². The lowest BCUT2D eigenvalue weighted by atomic mass is 9.83. The maximum atomic E-state index is 12.1. The van der Waals surface area contributed by atoms with Crippen molar-refractivity contribution in [3.63, 3.8) is 0 Å². The molecule has 1 saturated carbocycles. The van der Waals surface area contributed by atoms with Crippen molar-refractivity contribution in [1.29, 1.82) is 0 Å². The Kier molecular flexibility index (Phi) is 5.37. The van der Waals surface area contributed by atoms with Gasteiger partial charge in [-0.25, -0.2) is 0 Å². The molecule has 1 N–H and O–H groups in total. The highest BCUT2D eigenvalue weighted by Gasteiger charge is 2.28. The fourth-order valence-corrected chi connectivity index (χ4v) is 2.91. The summed E-state index contributed by atoms with van der Waals surface area (Å²) in [5.41, 5.74) is 0.944. The lowest BCUT2D eigenvalue weighted by molar-refractivity contribution is -0.153. The minimum absolute atomic E-state index is 0.244. The zero-order valence-electron chi connectivity index (χ0n) is 12.2. The maximum absolute atomic E-state index is 12.1. The molecular weight excluding hydrogens is 279 g/mol. The van der Waals surface area contributed by atoms with Crippen LogP contribution in [0.15, 0.2) is 24.3 Å². The second-order valence-electron chi connectivity index (χ2n) is 5.63. The summed E-state index contributed by atoms with van der Waals surface area (Å²) >= 11 is 0. The highest BCUT2D eigenvalue weighted by molar-refractivity contribution is 5.47. The van der Waals surface area contributed by atoms with E-state index < -0.39 is 12.8 Å². The van der Waals surface area contributed by atoms with Crippen molar-refractivity contribution >= 4 is 5.69 Å². The van der Waals surface area contributed by atoms with Crippen LogP contribution in [0.25, 0.3) is 0 Å². The molecule has 118 valence electrons. The summed E-state index contributed by atoms with van der Waals surface area (Å²) in [6.45, 7) is 0.957. The van der Waals surface area contributed by atoms with Crippen LogP contribution in [0.3, 0.4) is 0 Å². The standard InChI is InChI=1S/C16H22F3NO/c1-2-12-5-3-4-6-15(12)20-13-7-9-14(10-8-13)21-11-16(17,18)19/h7-10,12,15,20H,2-6,11H2,1H3. The van der Waals surface area contributed by atoms with Gasteiger partial charge in [0.1, 0.15) is 5.75 Å². The molecule has 2 nitrogen and oxygen atoms in total. The van der Waals surface area contributed by atoms with Gasteiger partial charge in [0.2, 0.25) is 0 Å². The van der Waals surface area contributed by atoms with Crippen LogP contribution in [0, 0.1) is 5.92 Å². The molecule has 0 radical (unpaired) electrons. The number of benzene rings is 1. The van der Waals surface area contributed by atoms with Crippen LogP contribution in [0.4, 0.5) is 18.9 Å². The van der Waals surface area contributed by atoms with Crippen molar-refractivity contribution in [2.45, 2.75) is 51.2 Å². The van der Waals surface area contributed by atoms with E-state index in [-0.39, 0.29) is 5.75 Å². The molecule has 0 spiro atoms. The summed E-state index contributed by atoms with van der Waals surface area (Å²) in [4.78, 5) is 0.